The molecule has 0 aliphatic heterocycles. The second-order valence-corrected chi connectivity index (χ2v) is 9.61. The van der Waals surface area contributed by atoms with Crippen LogP contribution in [-0.4, -0.2) is 29.0 Å². The molecule has 0 aliphatic carbocycles. The Hall–Kier alpha value is -2.08. The summed E-state index contributed by atoms with van der Waals surface area (Å²) in [7, 11) is -1.31. The van der Waals surface area contributed by atoms with Crippen LogP contribution in [0.3, 0.4) is 0 Å². The number of imidazole rings is 1. The quantitative estimate of drug-likeness (QED) is 0.645. The molecule has 0 N–H and O–H groups in total. The van der Waals surface area contributed by atoms with Gasteiger partial charge in [-0.1, -0.05) is 6.92 Å². The minimum absolute atomic E-state index is 0.392. The molecule has 1 atom stereocenters. The topological polar surface area (TPSA) is 59.6 Å². The third kappa shape index (κ3) is 3.30. The average Bonchev–Trinajstić information content (AvgIpc) is 2.94. The number of rotatable bonds is 3. The maximum Gasteiger partial charge on any atom is 0.147 e. The third-order valence-corrected chi connectivity index (χ3v) is 5.78. The summed E-state index contributed by atoms with van der Waals surface area (Å²) in [5, 5.41) is 1.00. The Morgan fingerprint density at radius 3 is 2.54 bits per heavy atom. The highest BCUT2D eigenvalue weighted by molar-refractivity contribution is 7.85. The third-order valence-electron chi connectivity index (χ3n) is 4.29. The van der Waals surface area contributed by atoms with Crippen LogP contribution in [0.5, 0.6) is 0 Å². The molecule has 0 aliphatic rings. The molecule has 3 rings (SSSR count). The second kappa shape index (κ2) is 6.58. The van der Waals surface area contributed by atoms with Crippen LogP contribution in [0.15, 0.2) is 22.7 Å². The van der Waals surface area contributed by atoms with Crippen molar-refractivity contribution in [3.05, 3.63) is 41.0 Å². The molecule has 138 valence electrons. The summed E-state index contributed by atoms with van der Waals surface area (Å²) >= 11 is 0. The fourth-order valence-electron chi connectivity index (χ4n) is 2.97. The summed E-state index contributed by atoms with van der Waals surface area (Å²) in [6, 6.07) is 4.18. The molecule has 6 heteroatoms. The van der Waals surface area contributed by atoms with Crippen molar-refractivity contribution in [3.63, 3.8) is 0 Å². The Bertz CT molecular complexity index is 1060. The van der Waals surface area contributed by atoms with Crippen LogP contribution in [0, 0.1) is 13.8 Å². The first-order chi connectivity index (χ1) is 12.1. The Kier molecular flexibility index (Phi) is 4.73. The number of nitrogens with zero attached hydrogens (tertiary/aromatic N) is 4. The van der Waals surface area contributed by atoms with Gasteiger partial charge in [0.2, 0.25) is 0 Å². The van der Waals surface area contributed by atoms with Crippen molar-refractivity contribution in [3.8, 4) is 0 Å². The zero-order chi connectivity index (χ0) is 19.2. The summed E-state index contributed by atoms with van der Waals surface area (Å²) in [6.07, 6.45) is 2.83. The molecular weight excluding hydrogens is 344 g/mol. The zero-order valence-electron chi connectivity index (χ0n) is 16.5. The largest absolute Gasteiger partial charge is 0.287 e. The van der Waals surface area contributed by atoms with Crippen LogP contribution in [0.1, 0.15) is 57.3 Å². The summed E-state index contributed by atoms with van der Waals surface area (Å²) in [5.74, 6) is 0.961. The van der Waals surface area contributed by atoms with E-state index in [0.717, 1.165) is 51.3 Å². The molecule has 0 radical (unpaired) electrons. The van der Waals surface area contributed by atoms with Gasteiger partial charge in [-0.25, -0.2) is 14.2 Å². The van der Waals surface area contributed by atoms with Gasteiger partial charge in [-0.2, -0.15) is 4.40 Å². The fourth-order valence-corrected chi connectivity index (χ4v) is 3.59. The lowest BCUT2D eigenvalue weighted by Gasteiger charge is -2.15. The summed E-state index contributed by atoms with van der Waals surface area (Å²) in [5.41, 5.74) is 5.54. The van der Waals surface area contributed by atoms with Crippen LogP contribution in [0.2, 0.25) is 0 Å². The van der Waals surface area contributed by atoms with Crippen molar-refractivity contribution in [1.29, 1.82) is 0 Å². The first-order valence-electron chi connectivity index (χ1n) is 8.88. The Morgan fingerprint density at radius 2 is 1.92 bits per heavy atom. The normalized spacial score (nSPS) is 14.3. The van der Waals surface area contributed by atoms with E-state index in [0.29, 0.717) is 0 Å². The smallest absolute Gasteiger partial charge is 0.147 e. The fraction of sp³-hybridized carbons (Fsp3) is 0.450. The molecule has 1 aromatic carbocycles. The van der Waals surface area contributed by atoms with Gasteiger partial charge in [-0.05, 0) is 59.2 Å². The first-order valence-corrected chi connectivity index (χ1v) is 9.99. The van der Waals surface area contributed by atoms with Crippen molar-refractivity contribution >= 4 is 33.2 Å². The minimum atomic E-state index is -1.31. The number of hydrogen-bond acceptors (Lipinski definition) is 3. The second-order valence-electron chi connectivity index (χ2n) is 7.70. The first kappa shape index (κ1) is 18.7. The Balaban J connectivity index is 2.34. The van der Waals surface area contributed by atoms with Gasteiger partial charge in [0.25, 0.3) is 0 Å². The van der Waals surface area contributed by atoms with E-state index in [1.54, 1.807) is 0 Å². The molecule has 0 saturated heterocycles. The van der Waals surface area contributed by atoms with Crippen LogP contribution >= 0.6 is 0 Å². The van der Waals surface area contributed by atoms with Crippen LogP contribution < -0.4 is 0 Å². The van der Waals surface area contributed by atoms with E-state index < -0.39 is 15.7 Å². The lowest BCUT2D eigenvalue weighted by molar-refractivity contribution is 0.650. The van der Waals surface area contributed by atoms with Gasteiger partial charge in [-0.15, -0.1) is 0 Å². The van der Waals surface area contributed by atoms with Crippen LogP contribution in [0.25, 0.3) is 16.6 Å². The molecule has 0 amide bonds. The minimum Gasteiger partial charge on any atom is -0.287 e. The van der Waals surface area contributed by atoms with Crippen molar-refractivity contribution in [2.75, 3.05) is 0 Å². The van der Waals surface area contributed by atoms with E-state index in [-0.39, 0.29) is 0 Å². The molecule has 26 heavy (non-hydrogen) atoms. The van der Waals surface area contributed by atoms with E-state index in [1.165, 1.54) is 0 Å². The van der Waals surface area contributed by atoms with E-state index in [1.807, 2.05) is 40.8 Å². The van der Waals surface area contributed by atoms with Gasteiger partial charge in [0.05, 0.1) is 21.7 Å². The summed E-state index contributed by atoms with van der Waals surface area (Å²) < 4.78 is 18.6. The maximum absolute atomic E-state index is 12.5. The molecule has 0 unspecified atom stereocenters. The van der Waals surface area contributed by atoms with Crippen molar-refractivity contribution in [1.82, 2.24) is 14.4 Å². The van der Waals surface area contributed by atoms with Gasteiger partial charge < -0.3 is 0 Å². The monoisotopic (exact) mass is 370 g/mol. The highest BCUT2D eigenvalue weighted by Crippen LogP contribution is 2.26. The van der Waals surface area contributed by atoms with E-state index in [9.17, 15) is 4.21 Å². The van der Waals surface area contributed by atoms with Crippen molar-refractivity contribution in [2.24, 2.45) is 4.40 Å². The lowest BCUT2D eigenvalue weighted by Crippen LogP contribution is -2.20. The molecule has 2 aromatic heterocycles. The van der Waals surface area contributed by atoms with E-state index in [2.05, 4.69) is 34.8 Å². The van der Waals surface area contributed by atoms with Gasteiger partial charge in [0, 0.05) is 23.6 Å². The SMILES string of the molecule is CCc1nc2c(/C(C)=N\[S@](=O)C(C)(C)C)cc(C)cc2c2nc(C)cn12. The van der Waals surface area contributed by atoms with Crippen LogP contribution in [-0.2, 0) is 17.4 Å². The Labute approximate surface area is 157 Å². The Morgan fingerprint density at radius 1 is 1.23 bits per heavy atom. The standard InChI is InChI=1S/C20H26N4OS/c1-8-17-22-18-15(14(4)23-26(25)20(5,6)7)9-12(2)10-16(18)19-21-13(3)11-24(17)19/h9-11H,8H2,1-7H3/b23-14-/t26-/m1/s1. The number of hydrogen-bond donors (Lipinski definition) is 0. The summed E-state index contributed by atoms with van der Waals surface area (Å²) in [6.45, 7) is 13.8. The number of aromatic nitrogens is 3. The number of benzene rings is 1. The maximum atomic E-state index is 12.5. The van der Waals surface area contributed by atoms with Gasteiger partial charge in [0.1, 0.15) is 22.5 Å². The van der Waals surface area contributed by atoms with Crippen molar-refractivity contribution < 1.29 is 4.21 Å². The van der Waals surface area contributed by atoms with Gasteiger partial charge >= 0.3 is 0 Å². The average molecular weight is 371 g/mol. The molecule has 0 bridgehead atoms. The predicted molar refractivity (Wildman–Crippen MR) is 109 cm³/mol. The van der Waals surface area contributed by atoms with Crippen molar-refractivity contribution in [2.45, 2.75) is 59.6 Å². The van der Waals surface area contributed by atoms with Crippen LogP contribution in [0.4, 0.5) is 0 Å². The molecule has 0 fully saturated rings. The number of fused-ring (bicyclic) bond motifs is 3. The molecule has 0 saturated carbocycles. The molecular formula is C20H26N4OS. The molecule has 5 nitrogen and oxygen atoms in total. The van der Waals surface area contributed by atoms with Gasteiger partial charge in [0.15, 0.2) is 0 Å². The highest BCUT2D eigenvalue weighted by Gasteiger charge is 2.20. The van der Waals surface area contributed by atoms with E-state index >= 15 is 0 Å². The predicted octanol–water partition coefficient (Wildman–Crippen LogP) is 4.33. The highest BCUT2D eigenvalue weighted by atomic mass is 32.2. The molecule has 0 spiro atoms. The van der Waals surface area contributed by atoms with E-state index in [4.69, 9.17) is 9.97 Å². The zero-order valence-corrected chi connectivity index (χ0v) is 17.4. The number of aryl methyl sites for hydroxylation is 3. The molecule has 2 heterocycles. The molecule has 3 aromatic rings. The van der Waals surface area contributed by atoms with Gasteiger partial charge in [-0.3, -0.25) is 4.40 Å². The lowest BCUT2D eigenvalue weighted by atomic mass is 10.0. The summed E-state index contributed by atoms with van der Waals surface area (Å²) in [4.78, 5) is 9.62.